The minimum Gasteiger partial charge on any atom is -0.492 e. The molecule has 1 aliphatic heterocycles. The topological polar surface area (TPSA) is 44.8 Å². The molecule has 2 amide bonds. The number of nitrogens with zero attached hydrogens (tertiary/aromatic N) is 2. The molecule has 7 heteroatoms. The maximum Gasteiger partial charge on any atom is 0.317 e. The van der Waals surface area contributed by atoms with Crippen molar-refractivity contribution >= 4 is 33.6 Å². The minimum absolute atomic E-state index is 0.00905. The molecule has 0 bridgehead atoms. The average Bonchev–Trinajstić information content (AvgIpc) is 2.49. The van der Waals surface area contributed by atoms with E-state index in [1.54, 1.807) is 6.07 Å². The number of rotatable bonds is 5. The number of carbonyl (C=O) groups excluding carboxylic acids is 1. The Morgan fingerprint density at radius 3 is 2.77 bits per heavy atom. The molecule has 1 aromatic rings. The summed E-state index contributed by atoms with van der Waals surface area (Å²) in [5, 5.41) is 3.50. The van der Waals surface area contributed by atoms with Crippen molar-refractivity contribution in [3.05, 3.63) is 27.7 Å². The van der Waals surface area contributed by atoms with Crippen molar-refractivity contribution in [1.82, 2.24) is 15.1 Å². The Hall–Kier alpha value is -0.980. The fourth-order valence-electron chi connectivity index (χ4n) is 2.16. The first kappa shape index (κ1) is 17.4. The Bertz CT molecular complexity index is 508. The van der Waals surface area contributed by atoms with Crippen molar-refractivity contribution in [2.75, 3.05) is 46.4 Å². The minimum atomic E-state index is 0.00905. The van der Waals surface area contributed by atoms with Crippen molar-refractivity contribution in [2.45, 2.75) is 6.42 Å². The number of hydrogen-bond donors (Lipinski definition) is 1. The Labute approximate surface area is 144 Å². The average molecular weight is 391 g/mol. The summed E-state index contributed by atoms with van der Waals surface area (Å²) in [7, 11) is 2.07. The van der Waals surface area contributed by atoms with Crippen LogP contribution in [0.25, 0.3) is 0 Å². The second-order valence-electron chi connectivity index (χ2n) is 5.30. The lowest BCUT2D eigenvalue weighted by Crippen LogP contribution is -2.50. The Kier molecular flexibility index (Phi) is 6.79. The number of amides is 2. The van der Waals surface area contributed by atoms with Gasteiger partial charge in [-0.25, -0.2) is 4.79 Å². The summed E-state index contributed by atoms with van der Waals surface area (Å²) in [5.41, 5.74) is 0. The Balaban J connectivity index is 1.62. The summed E-state index contributed by atoms with van der Waals surface area (Å²) >= 11 is 9.42. The van der Waals surface area contributed by atoms with E-state index in [0.29, 0.717) is 23.9 Å². The van der Waals surface area contributed by atoms with Gasteiger partial charge in [0, 0.05) is 37.2 Å². The number of carbonyl (C=O) groups is 1. The molecule has 1 aliphatic rings. The number of likely N-dealkylation sites (N-methyl/N-ethyl adjacent to an activating group) is 1. The van der Waals surface area contributed by atoms with E-state index >= 15 is 0 Å². The molecule has 0 aromatic heterocycles. The fourth-order valence-corrected chi connectivity index (χ4v) is 2.89. The van der Waals surface area contributed by atoms with E-state index < -0.39 is 0 Å². The number of urea groups is 1. The molecule has 1 saturated heterocycles. The predicted octanol–water partition coefficient (Wildman–Crippen LogP) is 2.83. The highest BCUT2D eigenvalue weighted by atomic mass is 79.9. The lowest BCUT2D eigenvalue weighted by Gasteiger charge is -2.32. The van der Waals surface area contributed by atoms with Gasteiger partial charge >= 0.3 is 6.03 Å². The van der Waals surface area contributed by atoms with Crippen molar-refractivity contribution in [1.29, 1.82) is 0 Å². The van der Waals surface area contributed by atoms with Crippen LogP contribution in [0, 0.1) is 0 Å². The van der Waals surface area contributed by atoms with E-state index in [1.165, 1.54) is 0 Å². The summed E-state index contributed by atoms with van der Waals surface area (Å²) in [4.78, 5) is 16.0. The van der Waals surface area contributed by atoms with Crippen LogP contribution >= 0.6 is 27.5 Å². The number of halogens is 2. The molecule has 122 valence electrons. The molecule has 1 fully saturated rings. The molecule has 0 atom stereocenters. The molecule has 0 aliphatic carbocycles. The highest BCUT2D eigenvalue weighted by molar-refractivity contribution is 9.10. The van der Waals surface area contributed by atoms with Crippen molar-refractivity contribution in [3.63, 3.8) is 0 Å². The first-order valence-electron chi connectivity index (χ1n) is 7.35. The zero-order valence-corrected chi connectivity index (χ0v) is 15.0. The normalized spacial score (nSPS) is 15.7. The van der Waals surface area contributed by atoms with Crippen LogP contribution in [0.1, 0.15) is 6.42 Å². The zero-order chi connectivity index (χ0) is 15.9. The van der Waals surface area contributed by atoms with Crippen LogP contribution in [0.2, 0.25) is 5.02 Å². The summed E-state index contributed by atoms with van der Waals surface area (Å²) in [5.74, 6) is 0.662. The summed E-state index contributed by atoms with van der Waals surface area (Å²) in [6, 6.07) is 5.52. The molecule has 1 aromatic carbocycles. The molecule has 1 heterocycles. The summed E-state index contributed by atoms with van der Waals surface area (Å²) < 4.78 is 6.53. The van der Waals surface area contributed by atoms with Crippen LogP contribution in [0.15, 0.2) is 22.7 Å². The van der Waals surface area contributed by atoms with Crippen molar-refractivity contribution in [3.8, 4) is 5.75 Å². The quantitative estimate of drug-likeness (QED) is 0.786. The highest BCUT2D eigenvalue weighted by Crippen LogP contribution is 2.27. The highest BCUT2D eigenvalue weighted by Gasteiger charge is 2.18. The molecule has 1 N–H and O–H groups in total. The third-order valence-corrected chi connectivity index (χ3v) is 4.33. The number of benzene rings is 1. The van der Waals surface area contributed by atoms with Gasteiger partial charge in [-0.1, -0.05) is 27.5 Å². The summed E-state index contributed by atoms with van der Waals surface area (Å²) in [6.45, 7) is 4.54. The fraction of sp³-hybridized carbons (Fsp3) is 0.533. The van der Waals surface area contributed by atoms with Crippen LogP contribution < -0.4 is 10.1 Å². The van der Waals surface area contributed by atoms with Gasteiger partial charge in [-0.05, 0) is 31.7 Å². The van der Waals surface area contributed by atoms with E-state index in [0.717, 1.165) is 37.1 Å². The third-order valence-electron chi connectivity index (χ3n) is 3.54. The Morgan fingerprint density at radius 2 is 2.09 bits per heavy atom. The SMILES string of the molecule is CN1CCN(C(=O)NCCCOc2ccc(Br)cc2Cl)CC1. The number of nitrogens with one attached hydrogen (secondary N) is 1. The predicted molar refractivity (Wildman–Crippen MR) is 91.7 cm³/mol. The lowest BCUT2D eigenvalue weighted by atomic mass is 10.3. The van der Waals surface area contributed by atoms with Gasteiger partial charge in [0.2, 0.25) is 0 Å². The van der Waals surface area contributed by atoms with E-state index in [9.17, 15) is 4.79 Å². The monoisotopic (exact) mass is 389 g/mol. The number of ether oxygens (including phenoxy) is 1. The van der Waals surface area contributed by atoms with E-state index in [1.807, 2.05) is 17.0 Å². The molecule has 22 heavy (non-hydrogen) atoms. The van der Waals surface area contributed by atoms with Crippen LogP contribution in [0.3, 0.4) is 0 Å². The van der Waals surface area contributed by atoms with E-state index in [4.69, 9.17) is 16.3 Å². The van der Waals surface area contributed by atoms with Crippen molar-refractivity contribution in [2.24, 2.45) is 0 Å². The first-order valence-corrected chi connectivity index (χ1v) is 8.52. The molecule has 2 rings (SSSR count). The van der Waals surface area contributed by atoms with Gasteiger partial charge in [-0.3, -0.25) is 0 Å². The van der Waals surface area contributed by atoms with E-state index in [-0.39, 0.29) is 6.03 Å². The van der Waals surface area contributed by atoms with Gasteiger partial charge in [-0.15, -0.1) is 0 Å². The maximum absolute atomic E-state index is 12.0. The van der Waals surface area contributed by atoms with Crippen LogP contribution in [-0.2, 0) is 0 Å². The summed E-state index contributed by atoms with van der Waals surface area (Å²) in [6.07, 6.45) is 0.742. The van der Waals surface area contributed by atoms with Crippen LogP contribution in [-0.4, -0.2) is 62.2 Å². The van der Waals surface area contributed by atoms with Gasteiger partial charge in [-0.2, -0.15) is 0 Å². The number of hydrogen-bond acceptors (Lipinski definition) is 3. The van der Waals surface area contributed by atoms with Gasteiger partial charge in [0.1, 0.15) is 5.75 Å². The third kappa shape index (κ3) is 5.34. The zero-order valence-electron chi connectivity index (χ0n) is 12.6. The molecular weight excluding hydrogens is 370 g/mol. The Morgan fingerprint density at radius 1 is 1.36 bits per heavy atom. The van der Waals surface area contributed by atoms with Crippen LogP contribution in [0.4, 0.5) is 4.79 Å². The molecule has 0 spiro atoms. The van der Waals surface area contributed by atoms with Gasteiger partial charge in [0.05, 0.1) is 11.6 Å². The molecular formula is C15H21BrClN3O2. The number of piperazine rings is 1. The second-order valence-corrected chi connectivity index (χ2v) is 6.62. The van der Waals surface area contributed by atoms with Gasteiger partial charge < -0.3 is 19.9 Å². The molecule has 0 unspecified atom stereocenters. The van der Waals surface area contributed by atoms with Gasteiger partial charge in [0.25, 0.3) is 0 Å². The van der Waals surface area contributed by atoms with Crippen LogP contribution in [0.5, 0.6) is 5.75 Å². The molecule has 0 saturated carbocycles. The van der Waals surface area contributed by atoms with Crippen molar-refractivity contribution < 1.29 is 9.53 Å². The lowest BCUT2D eigenvalue weighted by molar-refractivity contribution is 0.154. The molecule has 0 radical (unpaired) electrons. The standard InChI is InChI=1S/C15H21BrClN3O2/c1-19-6-8-20(9-7-19)15(21)18-5-2-10-22-14-4-3-12(16)11-13(14)17/h3-4,11H,2,5-10H2,1H3,(H,18,21). The van der Waals surface area contributed by atoms with E-state index in [2.05, 4.69) is 33.2 Å². The second kappa shape index (κ2) is 8.60. The van der Waals surface area contributed by atoms with Gasteiger partial charge in [0.15, 0.2) is 0 Å². The smallest absolute Gasteiger partial charge is 0.317 e. The molecule has 5 nitrogen and oxygen atoms in total. The first-order chi connectivity index (χ1) is 10.6. The largest absolute Gasteiger partial charge is 0.492 e. The maximum atomic E-state index is 12.0.